The summed E-state index contributed by atoms with van der Waals surface area (Å²) in [4.78, 5) is 0.187. The van der Waals surface area contributed by atoms with Crippen molar-refractivity contribution < 1.29 is 13.5 Å². The lowest BCUT2D eigenvalue weighted by atomic mass is 10.1. The van der Waals surface area contributed by atoms with Crippen LogP contribution in [-0.4, -0.2) is 13.5 Å². The topological polar surface area (TPSA) is 66.4 Å². The van der Waals surface area contributed by atoms with Gasteiger partial charge in [-0.1, -0.05) is 37.1 Å². The predicted molar refractivity (Wildman–Crippen MR) is 84.4 cm³/mol. The van der Waals surface area contributed by atoms with Crippen molar-refractivity contribution in [3.8, 4) is 5.75 Å². The summed E-state index contributed by atoms with van der Waals surface area (Å²) in [5.41, 5.74) is 1.40. The van der Waals surface area contributed by atoms with Crippen molar-refractivity contribution in [2.75, 3.05) is 4.72 Å². The molecule has 0 aromatic heterocycles. The van der Waals surface area contributed by atoms with Crippen molar-refractivity contribution in [3.63, 3.8) is 0 Å². The zero-order valence-electron chi connectivity index (χ0n) is 11.5. The van der Waals surface area contributed by atoms with Gasteiger partial charge in [0.25, 0.3) is 10.0 Å². The van der Waals surface area contributed by atoms with Crippen LogP contribution in [0.2, 0.25) is 5.02 Å². The molecule has 21 heavy (non-hydrogen) atoms. The van der Waals surface area contributed by atoms with Gasteiger partial charge in [0.05, 0.1) is 15.6 Å². The Labute approximate surface area is 129 Å². The molecule has 0 amide bonds. The van der Waals surface area contributed by atoms with Crippen LogP contribution in [0.4, 0.5) is 5.69 Å². The van der Waals surface area contributed by atoms with Crippen LogP contribution in [0.1, 0.15) is 18.9 Å². The van der Waals surface area contributed by atoms with Crippen molar-refractivity contribution >= 4 is 27.3 Å². The molecule has 2 N–H and O–H groups in total. The summed E-state index contributed by atoms with van der Waals surface area (Å²) in [6, 6.07) is 10.9. The second kappa shape index (κ2) is 6.37. The number of rotatable bonds is 5. The molecule has 0 unspecified atom stereocenters. The van der Waals surface area contributed by atoms with Gasteiger partial charge in [0, 0.05) is 0 Å². The lowest BCUT2D eigenvalue weighted by molar-refractivity contribution is 0.475. The van der Waals surface area contributed by atoms with Gasteiger partial charge < -0.3 is 5.11 Å². The van der Waals surface area contributed by atoms with Crippen LogP contribution in [0.3, 0.4) is 0 Å². The molecule has 2 aromatic carbocycles. The smallest absolute Gasteiger partial charge is 0.261 e. The SMILES string of the molecule is CCCc1ccc(S(=O)(=O)Nc2ccc(O)c(Cl)c2)cc1. The van der Waals surface area contributed by atoms with E-state index >= 15 is 0 Å². The standard InChI is InChI=1S/C15H16ClNO3S/c1-2-3-11-4-7-13(8-5-11)21(19,20)17-12-6-9-15(18)14(16)10-12/h4-10,17-18H,2-3H2,1H3. The average molecular weight is 326 g/mol. The number of anilines is 1. The quantitative estimate of drug-likeness (QED) is 0.822. The molecule has 2 rings (SSSR count). The number of hydrogen-bond acceptors (Lipinski definition) is 3. The van der Waals surface area contributed by atoms with Gasteiger partial charge in [0.1, 0.15) is 5.75 Å². The molecule has 0 aliphatic rings. The zero-order chi connectivity index (χ0) is 15.5. The highest BCUT2D eigenvalue weighted by molar-refractivity contribution is 7.92. The van der Waals surface area contributed by atoms with E-state index in [1.165, 1.54) is 18.2 Å². The molecule has 0 saturated heterocycles. The summed E-state index contributed by atoms with van der Waals surface area (Å²) in [5.74, 6) is -0.0940. The Morgan fingerprint density at radius 3 is 2.38 bits per heavy atom. The molecule has 0 radical (unpaired) electrons. The van der Waals surface area contributed by atoms with Crippen LogP contribution in [0.25, 0.3) is 0 Å². The van der Waals surface area contributed by atoms with Crippen LogP contribution in [0.5, 0.6) is 5.75 Å². The molecule has 112 valence electrons. The number of nitrogens with one attached hydrogen (secondary N) is 1. The molecule has 4 nitrogen and oxygen atoms in total. The fourth-order valence-electron chi connectivity index (χ4n) is 1.91. The summed E-state index contributed by atoms with van der Waals surface area (Å²) in [5, 5.41) is 9.42. The second-order valence-electron chi connectivity index (χ2n) is 4.67. The van der Waals surface area contributed by atoms with Crippen molar-refractivity contribution in [2.45, 2.75) is 24.7 Å². The molecule has 0 aliphatic carbocycles. The van der Waals surface area contributed by atoms with E-state index in [0.29, 0.717) is 5.69 Å². The van der Waals surface area contributed by atoms with Crippen LogP contribution in [0.15, 0.2) is 47.4 Å². The molecule has 0 bridgehead atoms. The fraction of sp³-hybridized carbons (Fsp3) is 0.200. The maximum Gasteiger partial charge on any atom is 0.261 e. The van der Waals surface area contributed by atoms with E-state index in [9.17, 15) is 13.5 Å². The first-order valence-electron chi connectivity index (χ1n) is 6.52. The molecule has 2 aromatic rings. The Balaban J connectivity index is 2.23. The molecule has 0 aliphatic heterocycles. The summed E-state index contributed by atoms with van der Waals surface area (Å²) in [7, 11) is -3.66. The second-order valence-corrected chi connectivity index (χ2v) is 6.76. The number of hydrogen-bond donors (Lipinski definition) is 2. The highest BCUT2D eigenvalue weighted by Crippen LogP contribution is 2.27. The number of aryl methyl sites for hydroxylation is 1. The molecule has 6 heteroatoms. The summed E-state index contributed by atoms with van der Waals surface area (Å²) in [6.07, 6.45) is 1.93. The van der Waals surface area contributed by atoms with Gasteiger partial charge in [-0.25, -0.2) is 8.42 Å². The first-order chi connectivity index (χ1) is 9.92. The van der Waals surface area contributed by atoms with Gasteiger partial charge in [-0.2, -0.15) is 0 Å². The minimum Gasteiger partial charge on any atom is -0.506 e. The molecule has 0 saturated carbocycles. The van der Waals surface area contributed by atoms with Crippen molar-refractivity contribution in [3.05, 3.63) is 53.1 Å². The number of aromatic hydroxyl groups is 1. The molecule has 0 fully saturated rings. The largest absolute Gasteiger partial charge is 0.506 e. The third kappa shape index (κ3) is 3.89. The summed E-state index contributed by atoms with van der Waals surface area (Å²) in [6.45, 7) is 2.07. The van der Waals surface area contributed by atoms with Crippen molar-refractivity contribution in [1.82, 2.24) is 0 Å². The van der Waals surface area contributed by atoms with Gasteiger partial charge in [-0.15, -0.1) is 0 Å². The Morgan fingerprint density at radius 2 is 1.81 bits per heavy atom. The number of phenolic OH excluding ortho intramolecular Hbond substituents is 1. The predicted octanol–water partition coefficient (Wildman–Crippen LogP) is 3.80. The van der Waals surface area contributed by atoms with Gasteiger partial charge in [0.2, 0.25) is 0 Å². The fourth-order valence-corrected chi connectivity index (χ4v) is 3.14. The first-order valence-corrected chi connectivity index (χ1v) is 8.39. The minimum atomic E-state index is -3.66. The van der Waals surface area contributed by atoms with Gasteiger partial charge in [-0.3, -0.25) is 4.72 Å². The lowest BCUT2D eigenvalue weighted by Gasteiger charge is -2.09. The van der Waals surface area contributed by atoms with E-state index < -0.39 is 10.0 Å². The molecular formula is C15H16ClNO3S. The van der Waals surface area contributed by atoms with E-state index in [1.807, 2.05) is 12.1 Å². The van der Waals surface area contributed by atoms with Crippen molar-refractivity contribution in [1.29, 1.82) is 0 Å². The van der Waals surface area contributed by atoms with Crippen LogP contribution in [-0.2, 0) is 16.4 Å². The Hall–Kier alpha value is -1.72. The summed E-state index contributed by atoms with van der Waals surface area (Å²) >= 11 is 5.76. The average Bonchev–Trinajstić information content (AvgIpc) is 2.44. The number of benzene rings is 2. The number of phenols is 1. The molecular weight excluding hydrogens is 310 g/mol. The highest BCUT2D eigenvalue weighted by atomic mass is 35.5. The van der Waals surface area contributed by atoms with Crippen LogP contribution >= 0.6 is 11.6 Å². The van der Waals surface area contributed by atoms with Crippen molar-refractivity contribution in [2.24, 2.45) is 0 Å². The van der Waals surface area contributed by atoms with Crippen LogP contribution in [0, 0.1) is 0 Å². The van der Waals surface area contributed by atoms with E-state index in [2.05, 4.69) is 11.6 Å². The van der Waals surface area contributed by atoms with Gasteiger partial charge in [0.15, 0.2) is 0 Å². The van der Waals surface area contributed by atoms with E-state index in [4.69, 9.17) is 11.6 Å². The third-order valence-electron chi connectivity index (χ3n) is 2.97. The highest BCUT2D eigenvalue weighted by Gasteiger charge is 2.14. The van der Waals surface area contributed by atoms with E-state index in [-0.39, 0.29) is 15.7 Å². The summed E-state index contributed by atoms with van der Waals surface area (Å²) < 4.78 is 26.9. The maximum atomic E-state index is 12.3. The van der Waals surface area contributed by atoms with Crippen LogP contribution < -0.4 is 4.72 Å². The van der Waals surface area contributed by atoms with E-state index in [1.54, 1.807) is 12.1 Å². The monoisotopic (exact) mass is 325 g/mol. The molecule has 0 heterocycles. The lowest BCUT2D eigenvalue weighted by Crippen LogP contribution is -2.12. The normalized spacial score (nSPS) is 11.3. The Morgan fingerprint density at radius 1 is 1.14 bits per heavy atom. The number of sulfonamides is 1. The maximum absolute atomic E-state index is 12.3. The van der Waals surface area contributed by atoms with E-state index in [0.717, 1.165) is 18.4 Å². The zero-order valence-corrected chi connectivity index (χ0v) is 13.1. The molecule has 0 atom stereocenters. The minimum absolute atomic E-state index is 0.0912. The molecule has 0 spiro atoms. The first kappa shape index (κ1) is 15.7. The number of halogens is 1. The third-order valence-corrected chi connectivity index (χ3v) is 4.67. The Kier molecular flexibility index (Phi) is 4.75. The van der Waals surface area contributed by atoms with Gasteiger partial charge in [-0.05, 0) is 42.3 Å². The Bertz CT molecular complexity index is 727. The van der Waals surface area contributed by atoms with Gasteiger partial charge >= 0.3 is 0 Å².